The molecule has 7 heteroatoms. The molecule has 0 saturated carbocycles. The first-order chi connectivity index (χ1) is 12.0. The van der Waals surface area contributed by atoms with Gasteiger partial charge in [-0.25, -0.2) is 13.6 Å². The van der Waals surface area contributed by atoms with Crippen LogP contribution in [0.25, 0.3) is 11.0 Å². The van der Waals surface area contributed by atoms with Crippen molar-refractivity contribution in [1.82, 2.24) is 9.13 Å². The minimum Gasteiger partial charge on any atom is -0.322 e. The molecular weight excluding hydrogens is 328 g/mol. The SMILES string of the molecule is CCCn1c(=O)n(CC(=O)Nc2ccc(F)cc2F)c2ccccc21. The number of hydrogen-bond donors (Lipinski definition) is 1. The van der Waals surface area contributed by atoms with Crippen LogP contribution in [-0.2, 0) is 17.9 Å². The van der Waals surface area contributed by atoms with Crippen LogP contribution in [0.5, 0.6) is 0 Å². The number of anilines is 1. The number of carbonyl (C=O) groups excluding carboxylic acids is 1. The number of nitrogens with zero attached hydrogens (tertiary/aromatic N) is 2. The summed E-state index contributed by atoms with van der Waals surface area (Å²) in [5, 5.41) is 2.37. The maximum atomic E-state index is 13.7. The van der Waals surface area contributed by atoms with E-state index in [0.717, 1.165) is 24.1 Å². The average molecular weight is 345 g/mol. The van der Waals surface area contributed by atoms with E-state index in [0.29, 0.717) is 18.1 Å². The second kappa shape index (κ2) is 6.88. The van der Waals surface area contributed by atoms with Gasteiger partial charge in [0, 0.05) is 12.6 Å². The number of amides is 1. The van der Waals surface area contributed by atoms with E-state index in [2.05, 4.69) is 5.32 Å². The van der Waals surface area contributed by atoms with Crippen LogP contribution in [0.4, 0.5) is 14.5 Å². The summed E-state index contributed by atoms with van der Waals surface area (Å²) in [5.41, 5.74) is 0.959. The molecule has 0 bridgehead atoms. The molecule has 1 heterocycles. The summed E-state index contributed by atoms with van der Waals surface area (Å²) in [6.07, 6.45) is 0.779. The van der Waals surface area contributed by atoms with E-state index in [1.54, 1.807) is 16.7 Å². The Kier molecular flexibility index (Phi) is 4.65. The number of imidazole rings is 1. The van der Waals surface area contributed by atoms with Gasteiger partial charge in [0.25, 0.3) is 0 Å². The molecule has 0 fully saturated rings. The number of halogens is 2. The van der Waals surface area contributed by atoms with Gasteiger partial charge in [-0.15, -0.1) is 0 Å². The number of aromatic nitrogens is 2. The Balaban J connectivity index is 1.91. The molecule has 25 heavy (non-hydrogen) atoms. The first-order valence-corrected chi connectivity index (χ1v) is 7.94. The normalized spacial score (nSPS) is 11.0. The molecule has 0 unspecified atom stereocenters. The Morgan fingerprint density at radius 3 is 2.40 bits per heavy atom. The fourth-order valence-corrected chi connectivity index (χ4v) is 2.79. The lowest BCUT2D eigenvalue weighted by Crippen LogP contribution is -2.29. The van der Waals surface area contributed by atoms with E-state index < -0.39 is 17.5 Å². The lowest BCUT2D eigenvalue weighted by atomic mass is 10.3. The van der Waals surface area contributed by atoms with Gasteiger partial charge in [-0.2, -0.15) is 0 Å². The van der Waals surface area contributed by atoms with Crippen molar-refractivity contribution >= 4 is 22.6 Å². The van der Waals surface area contributed by atoms with Crippen molar-refractivity contribution in [3.63, 3.8) is 0 Å². The van der Waals surface area contributed by atoms with Gasteiger partial charge in [0.15, 0.2) is 0 Å². The van der Waals surface area contributed by atoms with E-state index >= 15 is 0 Å². The van der Waals surface area contributed by atoms with Crippen molar-refractivity contribution in [3.05, 3.63) is 64.6 Å². The minimum absolute atomic E-state index is 0.128. The summed E-state index contributed by atoms with van der Waals surface area (Å²) >= 11 is 0. The van der Waals surface area contributed by atoms with Gasteiger partial charge in [0.05, 0.1) is 16.7 Å². The highest BCUT2D eigenvalue weighted by atomic mass is 19.1. The zero-order valence-corrected chi connectivity index (χ0v) is 13.6. The molecule has 3 rings (SSSR count). The van der Waals surface area contributed by atoms with Gasteiger partial charge in [0.2, 0.25) is 5.91 Å². The first-order valence-electron chi connectivity index (χ1n) is 7.94. The third-order valence-electron chi connectivity index (χ3n) is 3.88. The van der Waals surface area contributed by atoms with Crippen LogP contribution in [0.1, 0.15) is 13.3 Å². The number of rotatable bonds is 5. The minimum atomic E-state index is -0.867. The van der Waals surface area contributed by atoms with Gasteiger partial charge in [-0.3, -0.25) is 13.9 Å². The van der Waals surface area contributed by atoms with E-state index in [-0.39, 0.29) is 17.9 Å². The monoisotopic (exact) mass is 345 g/mol. The number of para-hydroxylation sites is 2. The highest BCUT2D eigenvalue weighted by molar-refractivity contribution is 5.91. The molecule has 3 aromatic rings. The summed E-state index contributed by atoms with van der Waals surface area (Å²) in [6.45, 7) is 2.25. The molecule has 0 atom stereocenters. The second-order valence-corrected chi connectivity index (χ2v) is 5.68. The van der Waals surface area contributed by atoms with Crippen molar-refractivity contribution < 1.29 is 13.6 Å². The summed E-state index contributed by atoms with van der Waals surface area (Å²) in [5.74, 6) is -2.16. The predicted octanol–water partition coefficient (Wildman–Crippen LogP) is 3.13. The summed E-state index contributed by atoms with van der Waals surface area (Å²) in [6, 6.07) is 10.1. The molecule has 0 aliphatic rings. The van der Waals surface area contributed by atoms with Gasteiger partial charge < -0.3 is 5.32 Å². The summed E-state index contributed by atoms with van der Waals surface area (Å²) < 4.78 is 29.6. The Hall–Kier alpha value is -2.96. The Morgan fingerprint density at radius 1 is 1.08 bits per heavy atom. The lowest BCUT2D eigenvalue weighted by Gasteiger charge is -2.07. The molecule has 0 aliphatic heterocycles. The lowest BCUT2D eigenvalue weighted by molar-refractivity contribution is -0.116. The molecule has 0 radical (unpaired) electrons. The molecule has 2 aromatic carbocycles. The second-order valence-electron chi connectivity index (χ2n) is 5.68. The Bertz CT molecular complexity index is 992. The van der Waals surface area contributed by atoms with Crippen LogP contribution in [0.3, 0.4) is 0 Å². The van der Waals surface area contributed by atoms with Crippen molar-refractivity contribution in [2.45, 2.75) is 26.4 Å². The topological polar surface area (TPSA) is 56.0 Å². The molecule has 0 aliphatic carbocycles. The molecule has 5 nitrogen and oxygen atoms in total. The van der Waals surface area contributed by atoms with Crippen LogP contribution in [0, 0.1) is 11.6 Å². The van der Waals surface area contributed by atoms with Crippen molar-refractivity contribution in [2.24, 2.45) is 0 Å². The van der Waals surface area contributed by atoms with E-state index in [1.807, 2.05) is 19.1 Å². The highest BCUT2D eigenvalue weighted by Gasteiger charge is 2.15. The van der Waals surface area contributed by atoms with Gasteiger partial charge in [-0.05, 0) is 30.7 Å². The fourth-order valence-electron chi connectivity index (χ4n) is 2.79. The summed E-state index contributed by atoms with van der Waals surface area (Å²) in [4.78, 5) is 24.8. The molecule has 1 N–H and O–H groups in total. The standard InChI is InChI=1S/C18H17F2N3O2/c1-2-9-22-15-5-3-4-6-16(15)23(18(22)25)11-17(24)21-14-8-7-12(19)10-13(14)20/h3-8,10H,2,9,11H2,1H3,(H,21,24). The molecule has 1 amide bonds. The van der Waals surface area contributed by atoms with E-state index in [9.17, 15) is 18.4 Å². The maximum Gasteiger partial charge on any atom is 0.329 e. The van der Waals surface area contributed by atoms with Gasteiger partial charge in [0.1, 0.15) is 18.2 Å². The van der Waals surface area contributed by atoms with Crippen molar-refractivity contribution in [3.8, 4) is 0 Å². The quantitative estimate of drug-likeness (QED) is 0.772. The van der Waals surface area contributed by atoms with Crippen molar-refractivity contribution in [2.75, 3.05) is 5.32 Å². The largest absolute Gasteiger partial charge is 0.329 e. The van der Waals surface area contributed by atoms with Gasteiger partial charge >= 0.3 is 5.69 Å². The number of benzene rings is 2. The molecule has 130 valence electrons. The van der Waals surface area contributed by atoms with Crippen LogP contribution >= 0.6 is 0 Å². The number of hydrogen-bond acceptors (Lipinski definition) is 2. The number of carbonyl (C=O) groups is 1. The van der Waals surface area contributed by atoms with Crippen LogP contribution in [-0.4, -0.2) is 15.0 Å². The smallest absolute Gasteiger partial charge is 0.322 e. The first kappa shape index (κ1) is 16.9. The number of fused-ring (bicyclic) bond motifs is 1. The molecular formula is C18H17F2N3O2. The van der Waals surface area contributed by atoms with Crippen LogP contribution < -0.4 is 11.0 Å². The third-order valence-corrected chi connectivity index (χ3v) is 3.88. The molecule has 0 spiro atoms. The third kappa shape index (κ3) is 3.31. The molecule has 0 saturated heterocycles. The molecule has 1 aromatic heterocycles. The van der Waals surface area contributed by atoms with E-state index in [4.69, 9.17) is 0 Å². The Morgan fingerprint density at radius 2 is 1.76 bits per heavy atom. The summed E-state index contributed by atoms with van der Waals surface area (Å²) in [7, 11) is 0. The fraction of sp³-hybridized carbons (Fsp3) is 0.222. The average Bonchev–Trinajstić information content (AvgIpc) is 2.84. The van der Waals surface area contributed by atoms with Crippen molar-refractivity contribution in [1.29, 1.82) is 0 Å². The highest BCUT2D eigenvalue weighted by Crippen LogP contribution is 2.16. The zero-order chi connectivity index (χ0) is 18.0. The van der Waals surface area contributed by atoms with E-state index in [1.165, 1.54) is 4.57 Å². The Labute approximate surface area is 142 Å². The van der Waals surface area contributed by atoms with Crippen LogP contribution in [0.2, 0.25) is 0 Å². The van der Waals surface area contributed by atoms with Crippen LogP contribution in [0.15, 0.2) is 47.3 Å². The zero-order valence-electron chi connectivity index (χ0n) is 13.6. The van der Waals surface area contributed by atoms with Gasteiger partial charge in [-0.1, -0.05) is 19.1 Å². The predicted molar refractivity (Wildman–Crippen MR) is 91.5 cm³/mol. The maximum absolute atomic E-state index is 13.7. The number of aryl methyl sites for hydroxylation is 1. The number of nitrogens with one attached hydrogen (secondary N) is 1.